The minimum absolute atomic E-state index is 0.130. The Balaban J connectivity index is 1.83. The van der Waals surface area contributed by atoms with Crippen molar-refractivity contribution in [2.24, 2.45) is 0 Å². The van der Waals surface area contributed by atoms with Crippen LogP contribution in [0.4, 0.5) is 4.79 Å². The molecule has 0 aliphatic heterocycles. The number of aromatic nitrogens is 2. The molecule has 0 aliphatic rings. The van der Waals surface area contributed by atoms with Gasteiger partial charge in [0.1, 0.15) is 0 Å². The molecule has 0 aliphatic carbocycles. The van der Waals surface area contributed by atoms with Crippen molar-refractivity contribution in [3.05, 3.63) is 30.1 Å². The second kappa shape index (κ2) is 5.30. The van der Waals surface area contributed by atoms with Gasteiger partial charge in [-0.2, -0.15) is 0 Å². The van der Waals surface area contributed by atoms with Crippen LogP contribution in [0.2, 0.25) is 0 Å². The summed E-state index contributed by atoms with van der Waals surface area (Å²) in [6, 6.07) is 5.95. The predicted molar refractivity (Wildman–Crippen MR) is 76.1 cm³/mol. The van der Waals surface area contributed by atoms with E-state index >= 15 is 0 Å². The molecule has 3 N–H and O–H groups in total. The fourth-order valence-electron chi connectivity index (χ4n) is 1.84. The lowest BCUT2D eigenvalue weighted by atomic mass is 10.1. The molecule has 0 fully saturated rings. The number of hydrogen-bond donors (Lipinski definition) is 3. The first kappa shape index (κ1) is 13.4. The molecule has 0 saturated heterocycles. The summed E-state index contributed by atoms with van der Waals surface area (Å²) < 4.78 is 0. The average molecular weight is 260 g/mol. The number of nitrogens with zero attached hydrogens (tertiary/aromatic N) is 1. The standard InChI is InChI=1S/C14H20N4O/c1-14(2,3)18-13(19)15-7-6-10-4-5-11-12(8-10)17-9-16-11/h4-5,8-9H,6-7H2,1-3H3,(H,16,17)(H2,15,18,19). The van der Waals surface area contributed by atoms with Gasteiger partial charge in [-0.25, -0.2) is 9.78 Å². The van der Waals surface area contributed by atoms with Crippen molar-refractivity contribution in [3.63, 3.8) is 0 Å². The van der Waals surface area contributed by atoms with Gasteiger partial charge >= 0.3 is 6.03 Å². The van der Waals surface area contributed by atoms with Crippen molar-refractivity contribution in [2.75, 3.05) is 6.54 Å². The Kier molecular flexibility index (Phi) is 3.74. The van der Waals surface area contributed by atoms with Gasteiger partial charge in [0, 0.05) is 12.1 Å². The molecule has 5 heteroatoms. The smallest absolute Gasteiger partial charge is 0.315 e. The van der Waals surface area contributed by atoms with Crippen molar-refractivity contribution < 1.29 is 4.79 Å². The van der Waals surface area contributed by atoms with Crippen LogP contribution in [0.25, 0.3) is 11.0 Å². The minimum atomic E-state index is -0.209. The highest BCUT2D eigenvalue weighted by molar-refractivity contribution is 5.75. The zero-order valence-electron chi connectivity index (χ0n) is 11.6. The second-order valence-corrected chi connectivity index (χ2v) is 5.63. The highest BCUT2D eigenvalue weighted by Crippen LogP contribution is 2.11. The van der Waals surface area contributed by atoms with Crippen LogP contribution in [-0.2, 0) is 6.42 Å². The van der Waals surface area contributed by atoms with Crippen LogP contribution in [0.5, 0.6) is 0 Å². The van der Waals surface area contributed by atoms with E-state index in [1.54, 1.807) is 6.33 Å². The van der Waals surface area contributed by atoms with E-state index < -0.39 is 0 Å². The summed E-state index contributed by atoms with van der Waals surface area (Å²) in [6.07, 6.45) is 2.48. The topological polar surface area (TPSA) is 69.8 Å². The Morgan fingerprint density at radius 1 is 1.37 bits per heavy atom. The summed E-state index contributed by atoms with van der Waals surface area (Å²) in [4.78, 5) is 18.8. The van der Waals surface area contributed by atoms with Gasteiger partial charge in [0.15, 0.2) is 0 Å². The molecule has 1 heterocycles. The van der Waals surface area contributed by atoms with E-state index in [2.05, 4.69) is 26.7 Å². The van der Waals surface area contributed by atoms with Crippen LogP contribution in [0.1, 0.15) is 26.3 Å². The van der Waals surface area contributed by atoms with Gasteiger partial charge in [-0.1, -0.05) is 6.07 Å². The molecule has 0 bridgehead atoms. The lowest BCUT2D eigenvalue weighted by molar-refractivity contribution is 0.232. The van der Waals surface area contributed by atoms with Crippen molar-refractivity contribution in [1.29, 1.82) is 0 Å². The van der Waals surface area contributed by atoms with Gasteiger partial charge in [-0.3, -0.25) is 0 Å². The number of urea groups is 1. The van der Waals surface area contributed by atoms with E-state index in [4.69, 9.17) is 0 Å². The Morgan fingerprint density at radius 3 is 2.89 bits per heavy atom. The van der Waals surface area contributed by atoms with Gasteiger partial charge in [0.25, 0.3) is 0 Å². The lowest BCUT2D eigenvalue weighted by Crippen LogP contribution is -2.46. The number of hydrogen-bond acceptors (Lipinski definition) is 2. The van der Waals surface area contributed by atoms with Gasteiger partial charge in [0.05, 0.1) is 17.4 Å². The maximum Gasteiger partial charge on any atom is 0.315 e. The van der Waals surface area contributed by atoms with Gasteiger partial charge in [0.2, 0.25) is 0 Å². The molecule has 0 atom stereocenters. The summed E-state index contributed by atoms with van der Waals surface area (Å²) in [6.45, 7) is 6.48. The normalized spacial score (nSPS) is 11.5. The Labute approximate surface area is 112 Å². The molecule has 0 spiro atoms. The zero-order valence-corrected chi connectivity index (χ0v) is 11.6. The van der Waals surface area contributed by atoms with Crippen LogP contribution >= 0.6 is 0 Å². The van der Waals surface area contributed by atoms with Crippen LogP contribution in [0.15, 0.2) is 24.5 Å². The number of H-pyrrole nitrogens is 1. The summed E-state index contributed by atoms with van der Waals surface area (Å²) in [5.41, 5.74) is 2.95. The first-order chi connectivity index (χ1) is 8.94. The number of carbonyl (C=O) groups excluding carboxylic acids is 1. The molecular formula is C14H20N4O. The van der Waals surface area contributed by atoms with E-state index in [1.165, 1.54) is 5.56 Å². The monoisotopic (exact) mass is 260 g/mol. The largest absolute Gasteiger partial charge is 0.345 e. The number of imidazole rings is 1. The molecule has 5 nitrogen and oxygen atoms in total. The van der Waals surface area contributed by atoms with E-state index in [9.17, 15) is 4.79 Å². The predicted octanol–water partition coefficient (Wildman–Crippen LogP) is 2.20. The Morgan fingerprint density at radius 2 is 2.16 bits per heavy atom. The van der Waals surface area contributed by atoms with Crippen LogP contribution in [0, 0.1) is 0 Å². The number of carbonyl (C=O) groups is 1. The second-order valence-electron chi connectivity index (χ2n) is 5.63. The number of fused-ring (bicyclic) bond motifs is 1. The zero-order chi connectivity index (χ0) is 13.9. The summed E-state index contributed by atoms with van der Waals surface area (Å²) >= 11 is 0. The van der Waals surface area contributed by atoms with Gasteiger partial charge < -0.3 is 15.6 Å². The summed E-state index contributed by atoms with van der Waals surface area (Å²) in [5, 5.41) is 5.72. The molecule has 0 unspecified atom stereocenters. The molecule has 2 rings (SSSR count). The molecule has 1 aromatic carbocycles. The summed E-state index contributed by atoms with van der Waals surface area (Å²) in [7, 11) is 0. The average Bonchev–Trinajstić information content (AvgIpc) is 2.73. The molecule has 2 amide bonds. The number of rotatable bonds is 3. The first-order valence-corrected chi connectivity index (χ1v) is 6.42. The quantitative estimate of drug-likeness (QED) is 0.792. The fourth-order valence-corrected chi connectivity index (χ4v) is 1.84. The minimum Gasteiger partial charge on any atom is -0.345 e. The lowest BCUT2D eigenvalue weighted by Gasteiger charge is -2.20. The summed E-state index contributed by atoms with van der Waals surface area (Å²) in [5.74, 6) is 0. The van der Waals surface area contributed by atoms with E-state index in [0.717, 1.165) is 17.5 Å². The van der Waals surface area contributed by atoms with E-state index in [1.807, 2.05) is 32.9 Å². The third-order valence-electron chi connectivity index (χ3n) is 2.67. The van der Waals surface area contributed by atoms with Crippen molar-refractivity contribution in [1.82, 2.24) is 20.6 Å². The van der Waals surface area contributed by atoms with Crippen LogP contribution < -0.4 is 10.6 Å². The van der Waals surface area contributed by atoms with Crippen LogP contribution in [0.3, 0.4) is 0 Å². The maximum atomic E-state index is 11.6. The Hall–Kier alpha value is -2.04. The fraction of sp³-hybridized carbons (Fsp3) is 0.429. The van der Waals surface area contributed by atoms with Crippen LogP contribution in [-0.4, -0.2) is 28.1 Å². The van der Waals surface area contributed by atoms with Crippen molar-refractivity contribution in [2.45, 2.75) is 32.7 Å². The molecule has 19 heavy (non-hydrogen) atoms. The molecule has 2 aromatic rings. The maximum absolute atomic E-state index is 11.6. The molecular weight excluding hydrogens is 240 g/mol. The van der Waals surface area contributed by atoms with Gasteiger partial charge in [-0.15, -0.1) is 0 Å². The Bertz CT molecular complexity index is 568. The van der Waals surface area contributed by atoms with Crippen molar-refractivity contribution >= 4 is 17.1 Å². The highest BCUT2D eigenvalue weighted by atomic mass is 16.2. The number of aromatic amines is 1. The SMILES string of the molecule is CC(C)(C)NC(=O)NCCc1ccc2nc[nH]c2c1. The molecule has 0 radical (unpaired) electrons. The number of benzene rings is 1. The third-order valence-corrected chi connectivity index (χ3v) is 2.67. The highest BCUT2D eigenvalue weighted by Gasteiger charge is 2.12. The molecule has 1 aromatic heterocycles. The number of amides is 2. The molecule has 0 saturated carbocycles. The molecule has 102 valence electrons. The first-order valence-electron chi connectivity index (χ1n) is 6.42. The van der Waals surface area contributed by atoms with E-state index in [0.29, 0.717) is 6.54 Å². The number of nitrogens with one attached hydrogen (secondary N) is 3. The third kappa shape index (κ3) is 3.98. The van der Waals surface area contributed by atoms with Crippen molar-refractivity contribution in [3.8, 4) is 0 Å². The van der Waals surface area contributed by atoms with E-state index in [-0.39, 0.29) is 11.6 Å². The van der Waals surface area contributed by atoms with Gasteiger partial charge in [-0.05, 0) is 44.9 Å².